The predicted molar refractivity (Wildman–Crippen MR) is 141 cm³/mol. The summed E-state index contributed by atoms with van der Waals surface area (Å²) >= 11 is 1.19. The minimum atomic E-state index is -0.338. The van der Waals surface area contributed by atoms with Gasteiger partial charge < -0.3 is 20.3 Å². The van der Waals surface area contributed by atoms with E-state index in [-0.39, 0.29) is 24.2 Å². The van der Waals surface area contributed by atoms with Gasteiger partial charge >= 0.3 is 5.97 Å². The molecule has 4 rings (SSSR count). The van der Waals surface area contributed by atoms with E-state index in [4.69, 9.17) is 4.74 Å². The Labute approximate surface area is 218 Å². The number of esters is 1. The summed E-state index contributed by atoms with van der Waals surface area (Å²) in [7, 11) is 0. The van der Waals surface area contributed by atoms with Gasteiger partial charge in [-0.3, -0.25) is 14.5 Å². The second-order valence-corrected chi connectivity index (χ2v) is 9.78. The van der Waals surface area contributed by atoms with E-state index in [1.165, 1.54) is 29.7 Å². The van der Waals surface area contributed by atoms with Crippen LogP contribution in [0, 0.1) is 26.6 Å². The Hall–Kier alpha value is -3.64. The fraction of sp³-hybridized carbons (Fsp3) is 0.400. The molecule has 0 spiro atoms. The lowest BCUT2D eigenvalue weighted by atomic mass is 10.1. The largest absolute Gasteiger partial charge is 0.465 e. The molecule has 196 valence electrons. The van der Waals surface area contributed by atoms with Gasteiger partial charge in [0.15, 0.2) is 5.13 Å². The van der Waals surface area contributed by atoms with Crippen LogP contribution in [0.2, 0.25) is 0 Å². The van der Waals surface area contributed by atoms with Crippen LogP contribution in [0.4, 0.5) is 26.8 Å². The molecule has 3 heterocycles. The number of nitrogens with zero attached hydrogens (tertiary/aromatic N) is 5. The van der Waals surface area contributed by atoms with Gasteiger partial charge in [-0.15, -0.1) is 0 Å². The van der Waals surface area contributed by atoms with Gasteiger partial charge in [-0.25, -0.2) is 19.3 Å². The molecule has 1 aliphatic rings. The van der Waals surface area contributed by atoms with E-state index in [0.29, 0.717) is 45.1 Å². The predicted octanol–water partition coefficient (Wildman–Crippen LogP) is 3.68. The van der Waals surface area contributed by atoms with Gasteiger partial charge in [-0.05, 0) is 51.0 Å². The number of benzene rings is 1. The summed E-state index contributed by atoms with van der Waals surface area (Å²) in [6.07, 6.45) is 1.49. The highest BCUT2D eigenvalue weighted by Crippen LogP contribution is 2.27. The van der Waals surface area contributed by atoms with Crippen molar-refractivity contribution in [3.8, 4) is 0 Å². The van der Waals surface area contributed by atoms with Crippen LogP contribution in [0.3, 0.4) is 0 Å². The summed E-state index contributed by atoms with van der Waals surface area (Å²) in [5.74, 6) is 1.09. The monoisotopic (exact) mass is 527 g/mol. The third-order valence-corrected chi connectivity index (χ3v) is 6.79. The number of carbonyl (C=O) groups is 2. The first kappa shape index (κ1) is 26.4. The third kappa shape index (κ3) is 6.77. The van der Waals surface area contributed by atoms with Crippen molar-refractivity contribution in [1.29, 1.82) is 0 Å². The minimum absolute atomic E-state index is 0.209. The summed E-state index contributed by atoms with van der Waals surface area (Å²) in [6.45, 7) is 10.7. The van der Waals surface area contributed by atoms with Gasteiger partial charge in [-0.1, -0.05) is 11.3 Å². The molecule has 37 heavy (non-hydrogen) atoms. The number of carbonyl (C=O) groups excluding carboxylic acids is 2. The Bertz CT molecular complexity index is 1270. The fourth-order valence-corrected chi connectivity index (χ4v) is 4.85. The number of aryl methyl sites for hydroxylation is 3. The summed E-state index contributed by atoms with van der Waals surface area (Å²) in [4.78, 5) is 42.5. The summed E-state index contributed by atoms with van der Waals surface area (Å²) in [6, 6.07) is 4.62. The lowest BCUT2D eigenvalue weighted by Gasteiger charge is -2.34. The van der Waals surface area contributed by atoms with Gasteiger partial charge in [0.1, 0.15) is 28.2 Å². The topological polar surface area (TPSA) is 113 Å². The maximum atomic E-state index is 13.6. The van der Waals surface area contributed by atoms with E-state index in [1.807, 2.05) is 13.0 Å². The Morgan fingerprint density at radius 3 is 2.46 bits per heavy atom. The standard InChI is InChI=1S/C25H30FN7O3S/c1-5-36-22(34)14-32-6-8-33(9-7-32)21-12-20(28-17(4)29-21)30-25-27-13-19(37-25)24(35)31-23-15(2)10-18(26)11-16(23)3/h10-13H,5-9,14H2,1-4H3,(H,31,35)(H,27,28,29,30). The first-order valence-electron chi connectivity index (χ1n) is 12.0. The zero-order valence-electron chi connectivity index (χ0n) is 21.3. The Morgan fingerprint density at radius 2 is 1.78 bits per heavy atom. The van der Waals surface area contributed by atoms with Crippen molar-refractivity contribution in [3.05, 3.63) is 52.0 Å². The lowest BCUT2D eigenvalue weighted by molar-refractivity contribution is -0.144. The SMILES string of the molecule is CCOC(=O)CN1CCN(c2cc(Nc3ncc(C(=O)Nc4c(C)cc(F)cc4C)s3)nc(C)n2)CC1. The van der Waals surface area contributed by atoms with Crippen LogP contribution >= 0.6 is 11.3 Å². The highest BCUT2D eigenvalue weighted by Gasteiger charge is 2.21. The molecule has 1 amide bonds. The number of aromatic nitrogens is 3. The number of nitrogens with one attached hydrogen (secondary N) is 2. The molecule has 0 atom stereocenters. The van der Waals surface area contributed by atoms with Crippen LogP contribution in [-0.4, -0.2) is 71.1 Å². The minimum Gasteiger partial charge on any atom is -0.465 e. The van der Waals surface area contributed by atoms with Crippen LogP contribution in [0.5, 0.6) is 0 Å². The smallest absolute Gasteiger partial charge is 0.320 e. The fourth-order valence-electron chi connectivity index (χ4n) is 4.13. The molecule has 0 saturated carbocycles. The second kappa shape index (κ2) is 11.6. The summed E-state index contributed by atoms with van der Waals surface area (Å²) in [5, 5.41) is 6.54. The summed E-state index contributed by atoms with van der Waals surface area (Å²) < 4.78 is 18.6. The average molecular weight is 528 g/mol. The Kier molecular flexibility index (Phi) is 8.29. The molecule has 0 unspecified atom stereocenters. The van der Waals surface area contributed by atoms with Gasteiger partial charge in [0, 0.05) is 37.9 Å². The zero-order chi connectivity index (χ0) is 26.5. The van der Waals surface area contributed by atoms with E-state index < -0.39 is 0 Å². The number of hydrogen-bond donors (Lipinski definition) is 2. The molecule has 2 N–H and O–H groups in total. The van der Waals surface area contributed by atoms with E-state index in [2.05, 4.69) is 35.4 Å². The van der Waals surface area contributed by atoms with Gasteiger partial charge in [-0.2, -0.15) is 0 Å². The number of amides is 1. The number of piperazine rings is 1. The van der Waals surface area contributed by atoms with Gasteiger partial charge in [0.05, 0.1) is 19.3 Å². The molecule has 1 aromatic carbocycles. The van der Waals surface area contributed by atoms with Crippen molar-refractivity contribution in [2.75, 3.05) is 54.9 Å². The molecule has 1 saturated heterocycles. The molecule has 2 aromatic heterocycles. The van der Waals surface area contributed by atoms with E-state index >= 15 is 0 Å². The molecule has 0 aliphatic carbocycles. The molecule has 10 nitrogen and oxygen atoms in total. The van der Waals surface area contributed by atoms with E-state index in [9.17, 15) is 14.0 Å². The second-order valence-electron chi connectivity index (χ2n) is 8.75. The van der Waals surface area contributed by atoms with Crippen LogP contribution in [-0.2, 0) is 9.53 Å². The molecule has 3 aromatic rings. The molecule has 0 radical (unpaired) electrons. The maximum absolute atomic E-state index is 13.6. The highest BCUT2D eigenvalue weighted by molar-refractivity contribution is 7.17. The molecular formula is C25H30FN7O3S. The normalized spacial score (nSPS) is 13.9. The van der Waals surface area contributed by atoms with Crippen LogP contribution in [0.15, 0.2) is 24.4 Å². The zero-order valence-corrected chi connectivity index (χ0v) is 22.1. The molecule has 1 aliphatic heterocycles. The van der Waals surface area contributed by atoms with Crippen LogP contribution < -0.4 is 15.5 Å². The van der Waals surface area contributed by atoms with Crippen molar-refractivity contribution in [2.24, 2.45) is 0 Å². The highest BCUT2D eigenvalue weighted by atomic mass is 32.1. The van der Waals surface area contributed by atoms with Crippen molar-refractivity contribution in [3.63, 3.8) is 0 Å². The molecular weight excluding hydrogens is 497 g/mol. The Morgan fingerprint density at radius 1 is 1.08 bits per heavy atom. The van der Waals surface area contributed by atoms with E-state index in [0.717, 1.165) is 32.0 Å². The molecule has 0 bridgehead atoms. The number of ether oxygens (including phenoxy) is 1. The van der Waals surface area contributed by atoms with Crippen molar-refractivity contribution in [1.82, 2.24) is 19.9 Å². The van der Waals surface area contributed by atoms with Crippen molar-refractivity contribution < 1.29 is 18.7 Å². The number of rotatable bonds is 8. The number of anilines is 4. The first-order valence-corrected chi connectivity index (χ1v) is 12.8. The molecule has 12 heteroatoms. The van der Waals surface area contributed by atoms with E-state index in [1.54, 1.807) is 20.8 Å². The number of halogens is 1. The Balaban J connectivity index is 1.39. The van der Waals surface area contributed by atoms with Crippen molar-refractivity contribution >= 4 is 45.7 Å². The average Bonchev–Trinajstić information content (AvgIpc) is 3.30. The lowest BCUT2D eigenvalue weighted by Crippen LogP contribution is -2.48. The van der Waals surface area contributed by atoms with Gasteiger partial charge in [0.2, 0.25) is 0 Å². The van der Waals surface area contributed by atoms with Crippen LogP contribution in [0.1, 0.15) is 33.5 Å². The quantitative estimate of drug-likeness (QED) is 0.424. The first-order chi connectivity index (χ1) is 17.7. The number of hydrogen-bond acceptors (Lipinski definition) is 10. The van der Waals surface area contributed by atoms with Crippen LogP contribution in [0.25, 0.3) is 0 Å². The molecule has 1 fully saturated rings. The van der Waals surface area contributed by atoms with Gasteiger partial charge in [0.25, 0.3) is 5.91 Å². The van der Waals surface area contributed by atoms with Crippen molar-refractivity contribution in [2.45, 2.75) is 27.7 Å². The number of thiazole rings is 1. The maximum Gasteiger partial charge on any atom is 0.320 e. The summed E-state index contributed by atoms with van der Waals surface area (Å²) in [5.41, 5.74) is 1.89. The third-order valence-electron chi connectivity index (χ3n) is 5.88.